The normalized spacial score (nSPS) is 16.9. The molecule has 0 unspecified atom stereocenters. The maximum Gasteiger partial charge on any atom is 0.243 e. The van der Waals surface area contributed by atoms with Crippen LogP contribution < -0.4 is 0 Å². The van der Waals surface area contributed by atoms with Crippen LogP contribution in [0, 0.1) is 4.77 Å². The molecule has 142 valence electrons. The number of hydrogen-bond acceptors (Lipinski definition) is 6. The van der Waals surface area contributed by atoms with Crippen molar-refractivity contribution in [3.8, 4) is 0 Å². The molecular weight excluding hydrogens is 419 g/mol. The van der Waals surface area contributed by atoms with E-state index in [0.29, 0.717) is 49.2 Å². The minimum Gasteiger partial charge on any atom is -0.282 e. The first-order chi connectivity index (χ1) is 12.3. The van der Waals surface area contributed by atoms with Crippen LogP contribution in [0.2, 0.25) is 10.0 Å². The van der Waals surface area contributed by atoms with Crippen molar-refractivity contribution in [2.75, 3.05) is 26.2 Å². The maximum absolute atomic E-state index is 12.8. The second-order valence-electron chi connectivity index (χ2n) is 5.82. The van der Waals surface area contributed by atoms with E-state index in [2.05, 4.69) is 15.3 Å². The Morgan fingerprint density at radius 2 is 1.73 bits per heavy atom. The molecule has 0 amide bonds. The standard InChI is InChI=1S/C14H18Cl2N6O2S2/c1-2-21-14(25)22(18-17-21)10-19-5-7-20(8-6-19)26(23,24)11-3-4-12(15)13(16)9-11/h3-4,9H,2,5-8,10H2,1H3. The number of hydrogen-bond donors (Lipinski definition) is 0. The molecule has 12 heteroatoms. The highest BCUT2D eigenvalue weighted by molar-refractivity contribution is 7.89. The van der Waals surface area contributed by atoms with Crippen molar-refractivity contribution >= 4 is 45.4 Å². The molecule has 26 heavy (non-hydrogen) atoms. The van der Waals surface area contributed by atoms with Gasteiger partial charge in [-0.1, -0.05) is 23.2 Å². The van der Waals surface area contributed by atoms with E-state index < -0.39 is 10.0 Å². The van der Waals surface area contributed by atoms with Gasteiger partial charge in [-0.15, -0.1) is 0 Å². The first-order valence-electron chi connectivity index (χ1n) is 8.01. The van der Waals surface area contributed by atoms with E-state index in [1.165, 1.54) is 22.5 Å². The van der Waals surface area contributed by atoms with Gasteiger partial charge in [-0.25, -0.2) is 17.8 Å². The van der Waals surface area contributed by atoms with Gasteiger partial charge in [0.1, 0.15) is 0 Å². The summed E-state index contributed by atoms with van der Waals surface area (Å²) in [5.41, 5.74) is 0. The summed E-state index contributed by atoms with van der Waals surface area (Å²) in [6, 6.07) is 4.35. The zero-order valence-corrected chi connectivity index (χ0v) is 17.2. The predicted molar refractivity (Wildman–Crippen MR) is 101 cm³/mol. The summed E-state index contributed by atoms with van der Waals surface area (Å²) in [6.45, 7) is 4.98. The van der Waals surface area contributed by atoms with Crippen molar-refractivity contribution in [2.24, 2.45) is 0 Å². The Morgan fingerprint density at radius 1 is 1.08 bits per heavy atom. The summed E-state index contributed by atoms with van der Waals surface area (Å²) >= 11 is 17.1. The van der Waals surface area contributed by atoms with Gasteiger partial charge >= 0.3 is 0 Å². The number of halogens is 2. The number of sulfonamides is 1. The second kappa shape index (κ2) is 7.91. The van der Waals surface area contributed by atoms with Crippen LogP contribution in [0.3, 0.4) is 0 Å². The molecule has 1 saturated heterocycles. The third-order valence-electron chi connectivity index (χ3n) is 4.19. The van der Waals surface area contributed by atoms with Gasteiger partial charge in [0.05, 0.1) is 21.6 Å². The minimum atomic E-state index is -3.60. The maximum atomic E-state index is 12.8. The fraction of sp³-hybridized carbons (Fsp3) is 0.500. The molecule has 1 aromatic carbocycles. The molecule has 0 saturated carbocycles. The van der Waals surface area contributed by atoms with Crippen LogP contribution in [-0.2, 0) is 23.2 Å². The second-order valence-corrected chi connectivity index (χ2v) is 8.93. The number of nitrogens with zero attached hydrogens (tertiary/aromatic N) is 6. The Morgan fingerprint density at radius 3 is 2.31 bits per heavy atom. The molecule has 1 aliphatic heterocycles. The topological polar surface area (TPSA) is 76.3 Å². The highest BCUT2D eigenvalue weighted by Gasteiger charge is 2.29. The van der Waals surface area contributed by atoms with Crippen molar-refractivity contribution in [3.63, 3.8) is 0 Å². The Kier molecular flexibility index (Phi) is 6.00. The van der Waals surface area contributed by atoms with E-state index in [1.807, 2.05) is 6.92 Å². The molecule has 1 aliphatic rings. The molecule has 0 bridgehead atoms. The van der Waals surface area contributed by atoms with Gasteiger partial charge in [0.15, 0.2) is 0 Å². The lowest BCUT2D eigenvalue weighted by Crippen LogP contribution is -2.48. The molecule has 0 N–H and O–H groups in total. The fourth-order valence-electron chi connectivity index (χ4n) is 2.68. The fourth-order valence-corrected chi connectivity index (χ4v) is 4.75. The van der Waals surface area contributed by atoms with Gasteiger partial charge in [0.25, 0.3) is 0 Å². The molecule has 0 aliphatic carbocycles. The highest BCUT2D eigenvalue weighted by Crippen LogP contribution is 2.27. The summed E-state index contributed by atoms with van der Waals surface area (Å²) < 4.78 is 30.8. The average molecular weight is 437 g/mol. The number of rotatable bonds is 5. The molecule has 1 aromatic heterocycles. The largest absolute Gasteiger partial charge is 0.282 e. The number of aromatic nitrogens is 4. The summed E-state index contributed by atoms with van der Waals surface area (Å²) in [7, 11) is -3.60. The van der Waals surface area contributed by atoms with Crippen LogP contribution in [0.5, 0.6) is 0 Å². The molecule has 0 atom stereocenters. The molecule has 2 aromatic rings. The van der Waals surface area contributed by atoms with E-state index in [-0.39, 0.29) is 9.92 Å². The Labute approximate surface area is 166 Å². The zero-order valence-electron chi connectivity index (χ0n) is 14.0. The van der Waals surface area contributed by atoms with Gasteiger partial charge in [0, 0.05) is 32.7 Å². The van der Waals surface area contributed by atoms with Crippen LogP contribution in [0.25, 0.3) is 0 Å². The molecule has 1 fully saturated rings. The lowest BCUT2D eigenvalue weighted by molar-refractivity contribution is 0.143. The SMILES string of the molecule is CCn1nnn(CN2CCN(S(=O)(=O)c3ccc(Cl)c(Cl)c3)CC2)c1=S. The number of piperazine rings is 1. The minimum absolute atomic E-state index is 0.147. The Bertz CT molecular complexity index is 951. The summed E-state index contributed by atoms with van der Waals surface area (Å²) in [5.74, 6) is 0. The average Bonchev–Trinajstić information content (AvgIpc) is 2.97. The number of benzene rings is 1. The first kappa shape index (κ1) is 19.7. The van der Waals surface area contributed by atoms with Gasteiger partial charge in [-0.2, -0.15) is 4.31 Å². The monoisotopic (exact) mass is 436 g/mol. The van der Waals surface area contributed by atoms with E-state index in [0.717, 1.165) is 0 Å². The van der Waals surface area contributed by atoms with Crippen LogP contribution in [0.4, 0.5) is 0 Å². The Hall–Kier alpha value is -1.04. The highest BCUT2D eigenvalue weighted by atomic mass is 35.5. The van der Waals surface area contributed by atoms with Gasteiger partial charge in [-0.05, 0) is 47.8 Å². The van der Waals surface area contributed by atoms with E-state index in [9.17, 15) is 8.42 Å². The lowest BCUT2D eigenvalue weighted by Gasteiger charge is -2.33. The van der Waals surface area contributed by atoms with Crippen LogP contribution in [-0.4, -0.2) is 63.6 Å². The van der Waals surface area contributed by atoms with Crippen molar-refractivity contribution in [2.45, 2.75) is 25.0 Å². The van der Waals surface area contributed by atoms with Crippen LogP contribution >= 0.6 is 35.4 Å². The van der Waals surface area contributed by atoms with E-state index >= 15 is 0 Å². The van der Waals surface area contributed by atoms with Gasteiger partial charge < -0.3 is 0 Å². The third-order valence-corrected chi connectivity index (χ3v) is 7.25. The zero-order chi connectivity index (χ0) is 18.9. The molecule has 0 radical (unpaired) electrons. The molecule has 3 rings (SSSR count). The van der Waals surface area contributed by atoms with E-state index in [1.54, 1.807) is 9.36 Å². The Balaban J connectivity index is 1.66. The predicted octanol–water partition coefficient (Wildman–Crippen LogP) is 2.10. The molecular formula is C14H18Cl2N6O2S2. The summed E-state index contributed by atoms with van der Waals surface area (Å²) in [5, 5.41) is 8.57. The van der Waals surface area contributed by atoms with Crippen LogP contribution in [0.15, 0.2) is 23.1 Å². The summed E-state index contributed by atoms with van der Waals surface area (Å²) in [4.78, 5) is 2.24. The van der Waals surface area contributed by atoms with Gasteiger partial charge in [-0.3, -0.25) is 4.90 Å². The smallest absolute Gasteiger partial charge is 0.243 e. The van der Waals surface area contributed by atoms with Crippen molar-refractivity contribution in [3.05, 3.63) is 33.0 Å². The molecule has 2 heterocycles. The third kappa shape index (κ3) is 3.95. The first-order valence-corrected chi connectivity index (χ1v) is 10.6. The lowest BCUT2D eigenvalue weighted by atomic mass is 10.4. The van der Waals surface area contributed by atoms with Crippen molar-refractivity contribution in [1.82, 2.24) is 29.0 Å². The van der Waals surface area contributed by atoms with Crippen molar-refractivity contribution < 1.29 is 8.42 Å². The quantitative estimate of drug-likeness (QED) is 0.667. The molecule has 8 nitrogen and oxygen atoms in total. The van der Waals surface area contributed by atoms with Crippen molar-refractivity contribution in [1.29, 1.82) is 0 Å². The number of aryl methyl sites for hydroxylation is 1. The molecule has 0 spiro atoms. The number of tetrazole rings is 1. The van der Waals surface area contributed by atoms with E-state index in [4.69, 9.17) is 35.4 Å². The van der Waals surface area contributed by atoms with Crippen LogP contribution in [0.1, 0.15) is 6.92 Å². The van der Waals surface area contributed by atoms with Gasteiger partial charge in [0.2, 0.25) is 14.8 Å². The summed E-state index contributed by atoms with van der Waals surface area (Å²) in [6.07, 6.45) is 0.